The van der Waals surface area contributed by atoms with Crippen molar-refractivity contribution in [3.05, 3.63) is 83.2 Å². The molecule has 0 aliphatic heterocycles. The van der Waals surface area contributed by atoms with Crippen molar-refractivity contribution >= 4 is 5.97 Å². The summed E-state index contributed by atoms with van der Waals surface area (Å²) in [6.45, 7) is 4.61. The van der Waals surface area contributed by atoms with Gasteiger partial charge in [-0.05, 0) is 66.5 Å². The summed E-state index contributed by atoms with van der Waals surface area (Å²) in [6, 6.07) is 13.3. The van der Waals surface area contributed by atoms with E-state index in [1.165, 1.54) is 24.3 Å². The second-order valence-electron chi connectivity index (χ2n) is 9.55. The van der Waals surface area contributed by atoms with Crippen LogP contribution in [0.2, 0.25) is 0 Å². The van der Waals surface area contributed by atoms with Crippen LogP contribution in [0.3, 0.4) is 0 Å². The van der Waals surface area contributed by atoms with Crippen molar-refractivity contribution in [3.63, 3.8) is 0 Å². The molecule has 0 spiro atoms. The lowest BCUT2D eigenvalue weighted by molar-refractivity contribution is 0.0734. The number of halogens is 3. The van der Waals surface area contributed by atoms with Crippen molar-refractivity contribution in [2.45, 2.75) is 58.3 Å². The van der Waals surface area contributed by atoms with Crippen LogP contribution in [0.4, 0.5) is 13.2 Å². The SMILES string of the molecule is CCCCOc1ccc(OC(=O)c2ccc(-c3ccc(C4CCC(C)CC4)c(F)c3F)cc2)cc1F. The fourth-order valence-corrected chi connectivity index (χ4v) is 4.61. The molecule has 0 unspecified atom stereocenters. The highest BCUT2D eigenvalue weighted by Crippen LogP contribution is 2.38. The predicted octanol–water partition coefficient (Wildman–Crippen LogP) is 8.46. The number of hydrogen-bond donors (Lipinski definition) is 0. The molecule has 3 aromatic carbocycles. The van der Waals surface area contributed by atoms with Crippen LogP contribution in [-0.4, -0.2) is 12.6 Å². The molecule has 1 aliphatic rings. The van der Waals surface area contributed by atoms with Gasteiger partial charge >= 0.3 is 5.97 Å². The number of rotatable bonds is 8. The monoisotopic (exact) mass is 496 g/mol. The first-order valence-corrected chi connectivity index (χ1v) is 12.6. The fraction of sp³-hybridized carbons (Fsp3) is 0.367. The summed E-state index contributed by atoms with van der Waals surface area (Å²) in [5.41, 5.74) is 1.24. The van der Waals surface area contributed by atoms with Crippen molar-refractivity contribution in [1.82, 2.24) is 0 Å². The van der Waals surface area contributed by atoms with E-state index < -0.39 is 23.4 Å². The average molecular weight is 497 g/mol. The summed E-state index contributed by atoms with van der Waals surface area (Å²) in [7, 11) is 0. The van der Waals surface area contributed by atoms with E-state index in [1.54, 1.807) is 24.3 Å². The molecule has 3 nitrogen and oxygen atoms in total. The maximum atomic E-state index is 15.0. The maximum Gasteiger partial charge on any atom is 0.343 e. The lowest BCUT2D eigenvalue weighted by atomic mass is 9.79. The van der Waals surface area contributed by atoms with E-state index in [0.717, 1.165) is 44.6 Å². The molecule has 1 fully saturated rings. The molecular weight excluding hydrogens is 465 g/mol. The third-order valence-corrected chi connectivity index (χ3v) is 6.87. The Morgan fingerprint density at radius 1 is 0.917 bits per heavy atom. The third kappa shape index (κ3) is 5.92. The first-order valence-electron chi connectivity index (χ1n) is 12.6. The molecular formula is C30H31F3O3. The first kappa shape index (κ1) is 25.8. The number of carbonyl (C=O) groups is 1. The van der Waals surface area contributed by atoms with Crippen LogP contribution >= 0.6 is 0 Å². The van der Waals surface area contributed by atoms with E-state index in [1.807, 2.05) is 6.92 Å². The van der Waals surface area contributed by atoms with Gasteiger partial charge in [-0.1, -0.05) is 57.4 Å². The number of carbonyl (C=O) groups excluding carboxylic acids is 1. The summed E-state index contributed by atoms with van der Waals surface area (Å²) in [6.07, 6.45) is 5.52. The summed E-state index contributed by atoms with van der Waals surface area (Å²) in [5, 5.41) is 0. The Morgan fingerprint density at radius 2 is 1.64 bits per heavy atom. The molecule has 6 heteroatoms. The molecule has 0 N–H and O–H groups in total. The zero-order chi connectivity index (χ0) is 25.7. The van der Waals surface area contributed by atoms with E-state index in [2.05, 4.69) is 6.92 Å². The van der Waals surface area contributed by atoms with Gasteiger partial charge in [-0.15, -0.1) is 0 Å². The van der Waals surface area contributed by atoms with Gasteiger partial charge in [0.05, 0.1) is 12.2 Å². The Kier molecular flexibility index (Phi) is 8.34. The summed E-state index contributed by atoms with van der Waals surface area (Å²) in [5.74, 6) is -2.15. The zero-order valence-electron chi connectivity index (χ0n) is 20.7. The highest BCUT2D eigenvalue weighted by atomic mass is 19.2. The summed E-state index contributed by atoms with van der Waals surface area (Å²) < 4.78 is 54.8. The largest absolute Gasteiger partial charge is 0.491 e. The number of hydrogen-bond acceptors (Lipinski definition) is 3. The van der Waals surface area contributed by atoms with Gasteiger partial charge < -0.3 is 9.47 Å². The average Bonchev–Trinajstić information content (AvgIpc) is 2.88. The van der Waals surface area contributed by atoms with E-state index in [4.69, 9.17) is 9.47 Å². The standard InChI is InChI=1S/C30H31F3O3/c1-3-4-17-35-27-16-13-23(18-26(27)31)36-30(34)22-11-9-21(10-12-22)25-15-14-24(28(32)29(25)33)20-7-5-19(2)6-8-20/h9-16,18-20H,3-8,17H2,1-2H3. The van der Waals surface area contributed by atoms with Gasteiger partial charge in [0.1, 0.15) is 5.75 Å². The minimum absolute atomic E-state index is 0.0451. The van der Waals surface area contributed by atoms with E-state index in [0.29, 0.717) is 23.7 Å². The smallest absolute Gasteiger partial charge is 0.343 e. The minimum Gasteiger partial charge on any atom is -0.491 e. The molecule has 0 saturated heterocycles. The fourth-order valence-electron chi connectivity index (χ4n) is 4.61. The van der Waals surface area contributed by atoms with Crippen LogP contribution in [0.1, 0.15) is 74.2 Å². The zero-order valence-corrected chi connectivity index (χ0v) is 20.7. The van der Waals surface area contributed by atoms with Gasteiger partial charge in [-0.3, -0.25) is 0 Å². The molecule has 1 aliphatic carbocycles. The molecule has 4 rings (SSSR count). The van der Waals surface area contributed by atoms with Gasteiger partial charge in [0.15, 0.2) is 23.2 Å². The summed E-state index contributed by atoms with van der Waals surface area (Å²) in [4.78, 5) is 12.5. The van der Waals surface area contributed by atoms with Crippen molar-refractivity contribution in [1.29, 1.82) is 0 Å². The van der Waals surface area contributed by atoms with Crippen LogP contribution in [0.25, 0.3) is 11.1 Å². The molecule has 1 saturated carbocycles. The van der Waals surface area contributed by atoms with Crippen molar-refractivity contribution in [2.75, 3.05) is 6.61 Å². The van der Waals surface area contributed by atoms with Gasteiger partial charge in [0, 0.05) is 11.6 Å². The Balaban J connectivity index is 1.44. The summed E-state index contributed by atoms with van der Waals surface area (Å²) >= 11 is 0. The van der Waals surface area contributed by atoms with E-state index in [-0.39, 0.29) is 28.5 Å². The molecule has 0 atom stereocenters. The Bertz CT molecular complexity index is 1200. The highest BCUT2D eigenvalue weighted by molar-refractivity contribution is 5.91. The van der Waals surface area contributed by atoms with Gasteiger partial charge in [0.25, 0.3) is 0 Å². The normalized spacial score (nSPS) is 17.6. The molecule has 3 aromatic rings. The number of ether oxygens (including phenoxy) is 2. The first-order chi connectivity index (χ1) is 17.4. The second kappa shape index (κ2) is 11.6. The van der Waals surface area contributed by atoms with Crippen molar-refractivity contribution in [3.8, 4) is 22.6 Å². The lowest BCUT2D eigenvalue weighted by Gasteiger charge is -2.27. The number of unbranched alkanes of at least 4 members (excludes halogenated alkanes) is 1. The molecule has 190 valence electrons. The van der Waals surface area contributed by atoms with Crippen molar-refractivity contribution in [2.24, 2.45) is 5.92 Å². The van der Waals surface area contributed by atoms with E-state index >= 15 is 0 Å². The van der Waals surface area contributed by atoms with Crippen molar-refractivity contribution < 1.29 is 27.4 Å². The van der Waals surface area contributed by atoms with Gasteiger partial charge in [-0.25, -0.2) is 18.0 Å². The third-order valence-electron chi connectivity index (χ3n) is 6.87. The van der Waals surface area contributed by atoms with Crippen LogP contribution < -0.4 is 9.47 Å². The second-order valence-corrected chi connectivity index (χ2v) is 9.55. The predicted molar refractivity (Wildman–Crippen MR) is 134 cm³/mol. The highest BCUT2D eigenvalue weighted by Gasteiger charge is 2.25. The molecule has 0 heterocycles. The quantitative estimate of drug-likeness (QED) is 0.178. The molecule has 0 bridgehead atoms. The molecule has 36 heavy (non-hydrogen) atoms. The molecule has 0 aromatic heterocycles. The topological polar surface area (TPSA) is 35.5 Å². The number of esters is 1. The Labute approximate surface area is 210 Å². The molecule has 0 radical (unpaired) electrons. The minimum atomic E-state index is -0.877. The lowest BCUT2D eigenvalue weighted by Crippen LogP contribution is -2.13. The van der Waals surface area contributed by atoms with E-state index in [9.17, 15) is 18.0 Å². The Morgan fingerprint density at radius 3 is 2.31 bits per heavy atom. The van der Waals surface area contributed by atoms with Crippen LogP contribution in [0.5, 0.6) is 11.5 Å². The van der Waals surface area contributed by atoms with Gasteiger partial charge in [0.2, 0.25) is 0 Å². The molecule has 0 amide bonds. The Hall–Kier alpha value is -3.28. The van der Waals surface area contributed by atoms with Crippen LogP contribution in [0, 0.1) is 23.4 Å². The van der Waals surface area contributed by atoms with Gasteiger partial charge in [-0.2, -0.15) is 0 Å². The van der Waals surface area contributed by atoms with Crippen LogP contribution in [0.15, 0.2) is 54.6 Å². The maximum absolute atomic E-state index is 15.0. The number of benzene rings is 3. The van der Waals surface area contributed by atoms with Crippen LogP contribution in [-0.2, 0) is 0 Å².